The van der Waals surface area contributed by atoms with Crippen molar-refractivity contribution in [3.05, 3.63) is 93.5 Å². The predicted molar refractivity (Wildman–Crippen MR) is 138 cm³/mol. The molecule has 198 valence electrons. The number of hydrogen-bond acceptors (Lipinski definition) is 7. The van der Waals surface area contributed by atoms with Crippen LogP contribution in [0.1, 0.15) is 29.2 Å². The highest BCUT2D eigenvalue weighted by molar-refractivity contribution is 5.67. The summed E-state index contributed by atoms with van der Waals surface area (Å²) in [6, 6.07) is 17.2. The normalized spacial score (nSPS) is 12.2. The Bertz CT molecular complexity index is 1620. The Morgan fingerprint density at radius 3 is 2.67 bits per heavy atom. The zero-order valence-electron chi connectivity index (χ0n) is 21.3. The molecule has 0 unspecified atom stereocenters. The van der Waals surface area contributed by atoms with Crippen molar-refractivity contribution in [1.82, 2.24) is 14.5 Å². The summed E-state index contributed by atoms with van der Waals surface area (Å²) >= 11 is 0. The molecular formula is C29H24F2N4O4. The van der Waals surface area contributed by atoms with Gasteiger partial charge in [0.2, 0.25) is 11.8 Å². The summed E-state index contributed by atoms with van der Waals surface area (Å²) in [4.78, 5) is 20.6. The first-order valence-corrected chi connectivity index (χ1v) is 12.2. The van der Waals surface area contributed by atoms with Crippen LogP contribution in [0.25, 0.3) is 11.3 Å². The highest BCUT2D eigenvalue weighted by Gasteiger charge is 2.24. The Kier molecular flexibility index (Phi) is 6.98. The average Bonchev–Trinajstić information content (AvgIpc) is 2.93. The van der Waals surface area contributed by atoms with Crippen molar-refractivity contribution in [3.8, 4) is 40.6 Å². The van der Waals surface area contributed by atoms with Crippen molar-refractivity contribution in [2.75, 3.05) is 13.7 Å². The van der Waals surface area contributed by atoms with E-state index in [0.29, 0.717) is 19.4 Å². The van der Waals surface area contributed by atoms with Gasteiger partial charge in [0.1, 0.15) is 17.6 Å². The van der Waals surface area contributed by atoms with Crippen molar-refractivity contribution < 1.29 is 23.0 Å². The highest BCUT2D eigenvalue weighted by Crippen LogP contribution is 2.32. The van der Waals surface area contributed by atoms with E-state index >= 15 is 0 Å². The molecule has 0 spiro atoms. The zero-order valence-corrected chi connectivity index (χ0v) is 21.3. The summed E-state index contributed by atoms with van der Waals surface area (Å²) in [7, 11) is 1.62. The maximum atomic E-state index is 13.4. The number of rotatable bonds is 8. The maximum absolute atomic E-state index is 13.4. The topological polar surface area (TPSA) is 99.3 Å². The lowest BCUT2D eigenvalue weighted by Crippen LogP contribution is -2.28. The van der Waals surface area contributed by atoms with Crippen LogP contribution in [0.5, 0.6) is 23.3 Å². The highest BCUT2D eigenvalue weighted by atomic mass is 19.3. The molecule has 0 N–H and O–H groups in total. The van der Waals surface area contributed by atoms with Gasteiger partial charge in [-0.05, 0) is 53.9 Å². The number of halogens is 2. The van der Waals surface area contributed by atoms with Crippen LogP contribution >= 0.6 is 0 Å². The molecule has 3 heterocycles. The first-order valence-electron chi connectivity index (χ1n) is 12.2. The minimum absolute atomic E-state index is 0.0976. The van der Waals surface area contributed by atoms with E-state index in [0.717, 1.165) is 41.3 Å². The minimum Gasteiger partial charge on any atom is -0.497 e. The van der Waals surface area contributed by atoms with Gasteiger partial charge >= 0.3 is 5.69 Å². The number of nitriles is 1. The van der Waals surface area contributed by atoms with Gasteiger partial charge < -0.3 is 14.2 Å². The summed E-state index contributed by atoms with van der Waals surface area (Å²) in [5.41, 5.74) is 3.23. The number of nitrogens with zero attached hydrogens (tertiary/aromatic N) is 4. The first kappa shape index (κ1) is 25.9. The summed E-state index contributed by atoms with van der Waals surface area (Å²) in [6.45, 7) is 1.54. The van der Waals surface area contributed by atoms with E-state index in [-0.39, 0.29) is 40.9 Å². The molecule has 1 aliphatic heterocycles. The maximum Gasteiger partial charge on any atom is 0.351 e. The van der Waals surface area contributed by atoms with Gasteiger partial charge in [-0.25, -0.2) is 18.6 Å². The third kappa shape index (κ3) is 5.57. The summed E-state index contributed by atoms with van der Waals surface area (Å²) in [5.74, 6) is -1.67. The quantitative estimate of drug-likeness (QED) is 0.306. The van der Waals surface area contributed by atoms with E-state index < -0.39 is 5.92 Å². The van der Waals surface area contributed by atoms with E-state index in [1.54, 1.807) is 35.9 Å². The second kappa shape index (κ2) is 10.5. The lowest BCUT2D eigenvalue weighted by molar-refractivity contribution is 0.0170. The second-order valence-electron chi connectivity index (χ2n) is 9.10. The third-order valence-electron chi connectivity index (χ3n) is 6.44. The van der Waals surface area contributed by atoms with Crippen molar-refractivity contribution in [1.29, 1.82) is 5.26 Å². The predicted octanol–water partition coefficient (Wildman–Crippen LogP) is 5.27. The summed E-state index contributed by atoms with van der Waals surface area (Å²) in [5, 5.41) is 9.60. The van der Waals surface area contributed by atoms with Crippen LogP contribution in [-0.2, 0) is 25.3 Å². The SMILES string of the molecule is COc1ccc2c(c1)CCn1c-2cc(OCCc2ccc(Oc3ccc(C(C)(F)F)cn3)c(C#N)c2)nc1=O. The number of alkyl halides is 2. The van der Waals surface area contributed by atoms with Crippen LogP contribution in [-0.4, -0.2) is 28.3 Å². The molecule has 0 bridgehead atoms. The number of aromatic nitrogens is 3. The molecule has 8 nitrogen and oxygen atoms in total. The largest absolute Gasteiger partial charge is 0.497 e. The first-order chi connectivity index (χ1) is 18.7. The van der Waals surface area contributed by atoms with Crippen LogP contribution in [0.4, 0.5) is 8.78 Å². The third-order valence-corrected chi connectivity index (χ3v) is 6.44. The fraction of sp³-hybridized carbons (Fsp3) is 0.241. The molecule has 2 aromatic heterocycles. The van der Waals surface area contributed by atoms with E-state index in [9.17, 15) is 18.8 Å². The number of fused-ring (bicyclic) bond motifs is 3. The Hall–Kier alpha value is -4.78. The van der Waals surface area contributed by atoms with Crippen molar-refractivity contribution in [2.24, 2.45) is 0 Å². The summed E-state index contributed by atoms with van der Waals surface area (Å²) in [6.07, 6.45) is 2.20. The van der Waals surface area contributed by atoms with Crippen molar-refractivity contribution >= 4 is 0 Å². The van der Waals surface area contributed by atoms with E-state index in [1.165, 1.54) is 12.1 Å². The van der Waals surface area contributed by atoms with Crippen LogP contribution in [0, 0.1) is 11.3 Å². The average molecular weight is 531 g/mol. The van der Waals surface area contributed by atoms with E-state index in [1.807, 2.05) is 18.2 Å². The van der Waals surface area contributed by atoms with Gasteiger partial charge in [-0.1, -0.05) is 6.07 Å². The van der Waals surface area contributed by atoms with Gasteiger partial charge in [0.05, 0.1) is 25.0 Å². The molecule has 0 saturated heterocycles. The van der Waals surface area contributed by atoms with Crippen LogP contribution in [0.2, 0.25) is 0 Å². The number of methoxy groups -OCH3 is 1. The zero-order chi connectivity index (χ0) is 27.6. The molecule has 39 heavy (non-hydrogen) atoms. The molecule has 0 atom stereocenters. The lowest BCUT2D eigenvalue weighted by atomic mass is 9.97. The summed E-state index contributed by atoms with van der Waals surface area (Å²) < 4.78 is 45.2. The molecule has 0 fully saturated rings. The standard InChI is InChI=1S/C29H24F2N4O4/c1-29(30,31)21-4-8-26(33-17-21)39-25-7-3-18(13-20(25)16-32)10-12-38-27-15-24-23-6-5-22(37-2)14-19(23)9-11-35(24)28(36)34-27/h3-8,13-15,17H,9-12H2,1-2H3. The van der Waals surface area contributed by atoms with Gasteiger partial charge in [0.15, 0.2) is 0 Å². The number of benzene rings is 2. The van der Waals surface area contributed by atoms with Crippen LogP contribution in [0.3, 0.4) is 0 Å². The van der Waals surface area contributed by atoms with E-state index in [4.69, 9.17) is 14.2 Å². The Balaban J connectivity index is 1.27. The Morgan fingerprint density at radius 2 is 1.95 bits per heavy atom. The molecule has 5 rings (SSSR count). The molecule has 0 saturated carbocycles. The van der Waals surface area contributed by atoms with Crippen molar-refractivity contribution in [2.45, 2.75) is 32.2 Å². The molecule has 1 aliphatic rings. The fourth-order valence-electron chi connectivity index (χ4n) is 4.38. The van der Waals surface area contributed by atoms with Gasteiger partial charge in [-0.3, -0.25) is 4.57 Å². The molecule has 0 amide bonds. The Morgan fingerprint density at radius 1 is 1.10 bits per heavy atom. The molecule has 0 radical (unpaired) electrons. The monoisotopic (exact) mass is 530 g/mol. The Labute approximate surface area is 223 Å². The smallest absolute Gasteiger partial charge is 0.351 e. The van der Waals surface area contributed by atoms with Gasteiger partial charge in [0.25, 0.3) is 5.92 Å². The van der Waals surface area contributed by atoms with Crippen LogP contribution < -0.4 is 19.9 Å². The number of aryl methyl sites for hydroxylation is 1. The van der Waals surface area contributed by atoms with E-state index in [2.05, 4.69) is 16.0 Å². The number of ether oxygens (including phenoxy) is 3. The molecule has 10 heteroatoms. The molecule has 0 aliphatic carbocycles. The lowest BCUT2D eigenvalue weighted by Gasteiger charge is -2.22. The minimum atomic E-state index is -3.01. The fourth-order valence-corrected chi connectivity index (χ4v) is 4.38. The van der Waals surface area contributed by atoms with Crippen molar-refractivity contribution in [3.63, 3.8) is 0 Å². The van der Waals surface area contributed by atoms with Gasteiger partial charge in [0, 0.05) is 49.3 Å². The molecule has 2 aromatic carbocycles. The van der Waals surface area contributed by atoms with Gasteiger partial charge in [-0.2, -0.15) is 10.2 Å². The second-order valence-corrected chi connectivity index (χ2v) is 9.10. The molecule has 4 aromatic rings. The number of hydrogen-bond donors (Lipinski definition) is 0. The van der Waals surface area contributed by atoms with Crippen LogP contribution in [0.15, 0.2) is 65.6 Å². The number of pyridine rings is 1. The molecular weight excluding hydrogens is 506 g/mol. The van der Waals surface area contributed by atoms with Gasteiger partial charge in [-0.15, -0.1) is 0 Å².